The zero-order chi connectivity index (χ0) is 7.12. The first-order chi connectivity index (χ1) is 4.02. The number of carbonyl (C=O) groups excluding carboxylic acids is 1. The van der Waals surface area contributed by atoms with Gasteiger partial charge in [0.1, 0.15) is 3.23 Å². The minimum Gasteiger partial charge on any atom is -0.443 e. The standard InChI is InChI=1S/C4H3Br2ClO2/c5-3(6)1-4(3,7)9-2-8/h2H,1H2. The molecule has 1 unspecified atom stereocenters. The first kappa shape index (κ1) is 7.82. The van der Waals surface area contributed by atoms with Crippen LogP contribution in [0.4, 0.5) is 0 Å². The molecule has 5 heteroatoms. The van der Waals surface area contributed by atoms with Crippen LogP contribution >= 0.6 is 43.5 Å². The van der Waals surface area contributed by atoms with Crippen molar-refractivity contribution >= 4 is 49.9 Å². The molecule has 0 N–H and O–H groups in total. The van der Waals surface area contributed by atoms with Gasteiger partial charge in [0.05, 0.1) is 0 Å². The lowest BCUT2D eigenvalue weighted by Crippen LogP contribution is -2.11. The van der Waals surface area contributed by atoms with Crippen molar-refractivity contribution in [2.45, 2.75) is 14.7 Å². The molecule has 0 radical (unpaired) electrons. The van der Waals surface area contributed by atoms with E-state index in [9.17, 15) is 4.79 Å². The maximum absolute atomic E-state index is 9.80. The molecule has 52 valence electrons. The van der Waals surface area contributed by atoms with Crippen LogP contribution in [0.1, 0.15) is 6.42 Å². The molecular formula is C4H3Br2ClO2. The quantitative estimate of drug-likeness (QED) is 0.570. The number of hydrogen-bond acceptors (Lipinski definition) is 2. The average Bonchev–Trinajstić information content (AvgIpc) is 2.07. The zero-order valence-electron chi connectivity index (χ0n) is 4.23. The van der Waals surface area contributed by atoms with Gasteiger partial charge in [0.25, 0.3) is 6.47 Å². The largest absolute Gasteiger partial charge is 0.443 e. The van der Waals surface area contributed by atoms with E-state index in [0.717, 1.165) is 0 Å². The zero-order valence-corrected chi connectivity index (χ0v) is 8.16. The highest BCUT2D eigenvalue weighted by Crippen LogP contribution is 2.64. The van der Waals surface area contributed by atoms with E-state index in [1.165, 1.54) is 0 Å². The minimum atomic E-state index is -0.866. The van der Waals surface area contributed by atoms with E-state index in [1.807, 2.05) is 0 Å². The molecule has 1 aliphatic rings. The smallest absolute Gasteiger partial charge is 0.294 e. The Balaban J connectivity index is 2.52. The van der Waals surface area contributed by atoms with Gasteiger partial charge in [0, 0.05) is 6.42 Å². The number of alkyl halides is 3. The van der Waals surface area contributed by atoms with E-state index in [1.54, 1.807) is 0 Å². The van der Waals surface area contributed by atoms with Gasteiger partial charge in [-0.3, -0.25) is 4.79 Å². The van der Waals surface area contributed by atoms with Crippen molar-refractivity contribution in [3.63, 3.8) is 0 Å². The number of ether oxygens (including phenoxy) is 1. The fraction of sp³-hybridized carbons (Fsp3) is 0.750. The summed E-state index contributed by atoms with van der Waals surface area (Å²) in [6.07, 6.45) is 0.584. The van der Waals surface area contributed by atoms with E-state index in [4.69, 9.17) is 11.6 Å². The van der Waals surface area contributed by atoms with Crippen molar-refractivity contribution in [1.29, 1.82) is 0 Å². The predicted octanol–water partition coefficient (Wildman–Crippen LogP) is 1.98. The van der Waals surface area contributed by atoms with Crippen LogP contribution in [0.15, 0.2) is 0 Å². The summed E-state index contributed by atoms with van der Waals surface area (Å²) in [4.78, 5) is 9.80. The number of carbonyl (C=O) groups is 1. The number of hydrogen-bond donors (Lipinski definition) is 0. The second-order valence-corrected chi connectivity index (χ2v) is 6.21. The molecular weight excluding hydrogens is 275 g/mol. The second-order valence-electron chi connectivity index (χ2n) is 1.82. The highest BCUT2D eigenvalue weighted by atomic mass is 79.9. The third kappa shape index (κ3) is 1.25. The molecule has 0 aromatic rings. The van der Waals surface area contributed by atoms with Crippen molar-refractivity contribution in [1.82, 2.24) is 0 Å². The Morgan fingerprint density at radius 3 is 2.22 bits per heavy atom. The van der Waals surface area contributed by atoms with Gasteiger partial charge in [0.15, 0.2) is 0 Å². The Bertz CT molecular complexity index is 150. The molecule has 0 saturated heterocycles. The van der Waals surface area contributed by atoms with E-state index in [-0.39, 0.29) is 0 Å². The van der Waals surface area contributed by atoms with Crippen molar-refractivity contribution < 1.29 is 9.53 Å². The highest BCUT2D eigenvalue weighted by molar-refractivity contribution is 9.25. The van der Waals surface area contributed by atoms with Gasteiger partial charge in [-0.05, 0) is 0 Å². The van der Waals surface area contributed by atoms with Crippen molar-refractivity contribution in [3.8, 4) is 0 Å². The van der Waals surface area contributed by atoms with Gasteiger partial charge in [-0.1, -0.05) is 43.5 Å². The number of halogens is 3. The first-order valence-corrected chi connectivity index (χ1v) is 4.16. The van der Waals surface area contributed by atoms with Crippen LogP contribution in [0.25, 0.3) is 0 Å². The molecule has 1 fully saturated rings. The van der Waals surface area contributed by atoms with Crippen LogP contribution in [-0.4, -0.2) is 14.8 Å². The molecule has 2 nitrogen and oxygen atoms in total. The van der Waals surface area contributed by atoms with Gasteiger partial charge < -0.3 is 4.74 Å². The molecule has 0 aromatic heterocycles. The SMILES string of the molecule is O=COC1(Cl)CC1(Br)Br. The summed E-state index contributed by atoms with van der Waals surface area (Å²) in [5, 5.41) is -0.866. The molecule has 0 bridgehead atoms. The molecule has 1 aliphatic carbocycles. The summed E-state index contributed by atoms with van der Waals surface area (Å²) in [7, 11) is 0. The van der Waals surface area contributed by atoms with Gasteiger partial charge >= 0.3 is 0 Å². The van der Waals surface area contributed by atoms with Gasteiger partial charge in [0.2, 0.25) is 5.06 Å². The Morgan fingerprint density at radius 1 is 1.67 bits per heavy atom. The summed E-state index contributed by atoms with van der Waals surface area (Å²) >= 11 is 12.1. The first-order valence-electron chi connectivity index (χ1n) is 2.20. The van der Waals surface area contributed by atoms with Gasteiger partial charge in [-0.15, -0.1) is 0 Å². The predicted molar refractivity (Wildman–Crippen MR) is 40.9 cm³/mol. The molecule has 0 spiro atoms. The van der Waals surface area contributed by atoms with E-state index in [0.29, 0.717) is 12.9 Å². The molecule has 0 heterocycles. The van der Waals surface area contributed by atoms with Crippen molar-refractivity contribution in [2.75, 3.05) is 0 Å². The van der Waals surface area contributed by atoms with Crippen LogP contribution in [0.5, 0.6) is 0 Å². The average molecular weight is 278 g/mol. The van der Waals surface area contributed by atoms with Crippen LogP contribution in [0.3, 0.4) is 0 Å². The summed E-state index contributed by atoms with van der Waals surface area (Å²) in [5.74, 6) is 0. The Labute approximate surface area is 74.1 Å². The number of rotatable bonds is 2. The Morgan fingerprint density at radius 2 is 2.11 bits per heavy atom. The van der Waals surface area contributed by atoms with Gasteiger partial charge in [-0.2, -0.15) is 0 Å². The molecule has 9 heavy (non-hydrogen) atoms. The third-order valence-electron chi connectivity index (χ3n) is 1.11. The summed E-state index contributed by atoms with van der Waals surface area (Å²) < 4.78 is 4.14. The maximum Gasteiger partial charge on any atom is 0.294 e. The molecule has 1 saturated carbocycles. The van der Waals surface area contributed by atoms with Crippen molar-refractivity contribution in [2.24, 2.45) is 0 Å². The lowest BCUT2D eigenvalue weighted by atomic mass is 10.8. The van der Waals surface area contributed by atoms with E-state index >= 15 is 0 Å². The normalized spacial score (nSPS) is 37.7. The molecule has 1 atom stereocenters. The fourth-order valence-electron chi connectivity index (χ4n) is 0.446. The second kappa shape index (κ2) is 2.10. The summed E-state index contributed by atoms with van der Waals surface area (Å²) in [6, 6.07) is 0. The van der Waals surface area contributed by atoms with E-state index in [2.05, 4.69) is 36.6 Å². The molecule has 0 aromatic carbocycles. The lowest BCUT2D eigenvalue weighted by molar-refractivity contribution is -0.131. The molecule has 1 rings (SSSR count). The van der Waals surface area contributed by atoms with Gasteiger partial charge in [-0.25, -0.2) is 0 Å². The van der Waals surface area contributed by atoms with Crippen LogP contribution in [0.2, 0.25) is 0 Å². The topological polar surface area (TPSA) is 26.3 Å². The Kier molecular flexibility index (Phi) is 1.83. The monoisotopic (exact) mass is 276 g/mol. The maximum atomic E-state index is 9.80. The van der Waals surface area contributed by atoms with Crippen LogP contribution < -0.4 is 0 Å². The molecule has 0 amide bonds. The highest BCUT2D eigenvalue weighted by Gasteiger charge is 2.67. The molecule has 0 aliphatic heterocycles. The summed E-state index contributed by atoms with van der Waals surface area (Å²) in [5.41, 5.74) is 0. The fourth-order valence-corrected chi connectivity index (χ4v) is 1.98. The third-order valence-corrected chi connectivity index (χ3v) is 3.95. The minimum absolute atomic E-state index is 0.345. The summed E-state index contributed by atoms with van der Waals surface area (Å²) in [6.45, 7) is 0.345. The lowest BCUT2D eigenvalue weighted by Gasteiger charge is -2.05. The van der Waals surface area contributed by atoms with Crippen LogP contribution in [0, 0.1) is 0 Å². The van der Waals surface area contributed by atoms with Crippen molar-refractivity contribution in [3.05, 3.63) is 0 Å². The van der Waals surface area contributed by atoms with Crippen LogP contribution in [-0.2, 0) is 9.53 Å². The Hall–Kier alpha value is 0.720. The van der Waals surface area contributed by atoms with E-state index < -0.39 is 8.29 Å².